The molecule has 1 aromatic heterocycles. The van der Waals surface area contributed by atoms with Gasteiger partial charge in [-0.2, -0.15) is 0 Å². The molecule has 6 nitrogen and oxygen atoms in total. The summed E-state index contributed by atoms with van der Waals surface area (Å²) < 4.78 is 10.8. The Balaban J connectivity index is 2.38. The van der Waals surface area contributed by atoms with Gasteiger partial charge < -0.3 is 19.8 Å². The second-order valence-electron chi connectivity index (χ2n) is 7.27. The lowest BCUT2D eigenvalue weighted by atomic mass is 9.96. The van der Waals surface area contributed by atoms with E-state index in [9.17, 15) is 4.79 Å². The second kappa shape index (κ2) is 8.34. The molecule has 0 aromatic carbocycles. The van der Waals surface area contributed by atoms with Gasteiger partial charge in [-0.25, -0.2) is 9.78 Å². The monoisotopic (exact) mass is 325 g/mol. The molecular formula is C17H31N3O3. The van der Waals surface area contributed by atoms with Gasteiger partial charge in [0.15, 0.2) is 0 Å². The molecule has 0 saturated carbocycles. The van der Waals surface area contributed by atoms with Crippen LogP contribution >= 0.6 is 0 Å². The van der Waals surface area contributed by atoms with E-state index in [1.165, 1.54) is 0 Å². The summed E-state index contributed by atoms with van der Waals surface area (Å²) in [5.74, 6) is 2.29. The summed E-state index contributed by atoms with van der Waals surface area (Å²) >= 11 is 0. The zero-order valence-corrected chi connectivity index (χ0v) is 15.4. The van der Waals surface area contributed by atoms with E-state index < -0.39 is 5.60 Å². The van der Waals surface area contributed by atoms with Crippen molar-refractivity contribution in [2.75, 3.05) is 13.1 Å². The summed E-state index contributed by atoms with van der Waals surface area (Å²) in [6, 6.07) is 0. The molecule has 23 heavy (non-hydrogen) atoms. The number of aryl methyl sites for hydroxylation is 2. The molecule has 1 amide bonds. The fourth-order valence-electron chi connectivity index (χ4n) is 2.05. The van der Waals surface area contributed by atoms with E-state index in [-0.39, 0.29) is 6.09 Å². The lowest BCUT2D eigenvalue weighted by Gasteiger charge is -2.24. The summed E-state index contributed by atoms with van der Waals surface area (Å²) in [4.78, 5) is 16.1. The molecule has 1 heterocycles. The van der Waals surface area contributed by atoms with Crippen LogP contribution in [-0.4, -0.2) is 29.8 Å². The standard InChI is InChI=1S/C17H31N3O3/c1-11(2)14(9-19-16(21)23-17(5,6)7)8-18-10-15-20-12(3)13(4)22-15/h11,14,18H,8-10H2,1-7H3,(H,19,21). The minimum absolute atomic E-state index is 0.305. The Labute approximate surface area is 139 Å². The molecule has 0 saturated heterocycles. The highest BCUT2D eigenvalue weighted by atomic mass is 16.6. The van der Waals surface area contributed by atoms with Crippen LogP contribution in [0, 0.1) is 25.7 Å². The van der Waals surface area contributed by atoms with Crippen LogP contribution < -0.4 is 10.6 Å². The van der Waals surface area contributed by atoms with Crippen molar-refractivity contribution in [1.82, 2.24) is 15.6 Å². The Morgan fingerprint density at radius 2 is 1.91 bits per heavy atom. The summed E-state index contributed by atoms with van der Waals surface area (Å²) in [5.41, 5.74) is 0.449. The first-order valence-corrected chi connectivity index (χ1v) is 8.19. The number of rotatable bonds is 7. The van der Waals surface area contributed by atoms with Crippen LogP contribution in [0.4, 0.5) is 4.79 Å². The summed E-state index contributed by atoms with van der Waals surface area (Å²) in [6.45, 7) is 15.6. The van der Waals surface area contributed by atoms with Crippen molar-refractivity contribution in [1.29, 1.82) is 0 Å². The Morgan fingerprint density at radius 1 is 1.26 bits per heavy atom. The van der Waals surface area contributed by atoms with Gasteiger partial charge in [0.2, 0.25) is 5.89 Å². The van der Waals surface area contributed by atoms with E-state index in [0.29, 0.717) is 30.8 Å². The molecule has 1 atom stereocenters. The Morgan fingerprint density at radius 3 is 2.39 bits per heavy atom. The van der Waals surface area contributed by atoms with Crippen LogP contribution in [0.15, 0.2) is 4.42 Å². The summed E-state index contributed by atoms with van der Waals surface area (Å²) in [6.07, 6.45) is -0.373. The Bertz CT molecular complexity index is 484. The number of carbonyl (C=O) groups excluding carboxylic acids is 1. The van der Waals surface area contributed by atoms with Gasteiger partial charge in [-0.15, -0.1) is 0 Å². The van der Waals surface area contributed by atoms with Crippen LogP contribution in [0.5, 0.6) is 0 Å². The minimum Gasteiger partial charge on any atom is -0.444 e. The van der Waals surface area contributed by atoms with Crippen LogP contribution in [0.25, 0.3) is 0 Å². The molecule has 1 aromatic rings. The lowest BCUT2D eigenvalue weighted by molar-refractivity contribution is 0.0514. The SMILES string of the molecule is Cc1nc(CNCC(CNC(=O)OC(C)(C)C)C(C)C)oc1C. The number of hydrogen-bond acceptors (Lipinski definition) is 5. The molecule has 2 N–H and O–H groups in total. The average molecular weight is 325 g/mol. The largest absolute Gasteiger partial charge is 0.444 e. The molecule has 6 heteroatoms. The molecule has 1 rings (SSSR count). The van der Waals surface area contributed by atoms with E-state index in [0.717, 1.165) is 18.0 Å². The smallest absolute Gasteiger partial charge is 0.407 e. The van der Waals surface area contributed by atoms with Gasteiger partial charge in [-0.1, -0.05) is 13.8 Å². The highest BCUT2D eigenvalue weighted by molar-refractivity contribution is 5.67. The lowest BCUT2D eigenvalue weighted by Crippen LogP contribution is -2.39. The van der Waals surface area contributed by atoms with Gasteiger partial charge in [0, 0.05) is 13.1 Å². The van der Waals surface area contributed by atoms with Crippen molar-refractivity contribution < 1.29 is 13.9 Å². The first kappa shape index (κ1) is 19.5. The third kappa shape index (κ3) is 7.50. The molecule has 132 valence electrons. The van der Waals surface area contributed by atoms with Gasteiger partial charge in [0.05, 0.1) is 12.2 Å². The molecule has 0 aliphatic carbocycles. The fourth-order valence-corrected chi connectivity index (χ4v) is 2.05. The van der Waals surface area contributed by atoms with Crippen LogP contribution in [0.1, 0.15) is 52.0 Å². The number of ether oxygens (including phenoxy) is 1. The maximum Gasteiger partial charge on any atom is 0.407 e. The van der Waals surface area contributed by atoms with Gasteiger partial charge in [-0.3, -0.25) is 0 Å². The molecule has 0 bridgehead atoms. The van der Waals surface area contributed by atoms with E-state index >= 15 is 0 Å². The molecule has 0 aliphatic rings. The first-order valence-electron chi connectivity index (χ1n) is 8.19. The molecule has 0 radical (unpaired) electrons. The van der Waals surface area contributed by atoms with Crippen molar-refractivity contribution in [3.63, 3.8) is 0 Å². The number of amides is 1. The number of alkyl carbamates (subject to hydrolysis) is 1. The maximum absolute atomic E-state index is 11.7. The van der Waals surface area contributed by atoms with Crippen LogP contribution in [0.3, 0.4) is 0 Å². The van der Waals surface area contributed by atoms with Gasteiger partial charge in [0.25, 0.3) is 0 Å². The third-order valence-electron chi connectivity index (χ3n) is 3.61. The number of nitrogens with one attached hydrogen (secondary N) is 2. The second-order valence-corrected chi connectivity index (χ2v) is 7.27. The number of oxazole rings is 1. The topological polar surface area (TPSA) is 76.4 Å². The van der Waals surface area contributed by atoms with Crippen molar-refractivity contribution in [2.45, 2.75) is 60.6 Å². The predicted molar refractivity (Wildman–Crippen MR) is 90.2 cm³/mol. The van der Waals surface area contributed by atoms with Crippen LogP contribution in [-0.2, 0) is 11.3 Å². The van der Waals surface area contributed by atoms with Gasteiger partial charge in [0.1, 0.15) is 11.4 Å². The van der Waals surface area contributed by atoms with Crippen molar-refractivity contribution in [2.24, 2.45) is 11.8 Å². The van der Waals surface area contributed by atoms with E-state index in [1.807, 2.05) is 34.6 Å². The van der Waals surface area contributed by atoms with Crippen molar-refractivity contribution in [3.8, 4) is 0 Å². The third-order valence-corrected chi connectivity index (χ3v) is 3.61. The summed E-state index contributed by atoms with van der Waals surface area (Å²) in [5, 5.41) is 6.19. The van der Waals surface area contributed by atoms with E-state index in [1.54, 1.807) is 0 Å². The first-order chi connectivity index (χ1) is 10.6. The molecule has 0 aliphatic heterocycles. The predicted octanol–water partition coefficient (Wildman–Crippen LogP) is 3.18. The number of aromatic nitrogens is 1. The molecular weight excluding hydrogens is 294 g/mol. The van der Waals surface area contributed by atoms with Gasteiger partial charge >= 0.3 is 6.09 Å². The number of nitrogens with zero attached hydrogens (tertiary/aromatic N) is 1. The number of carbonyl (C=O) groups is 1. The van der Waals surface area contributed by atoms with Gasteiger partial charge in [-0.05, 0) is 46.5 Å². The normalized spacial score (nSPS) is 13.2. The van der Waals surface area contributed by atoms with E-state index in [2.05, 4.69) is 29.5 Å². The Kier molecular flexibility index (Phi) is 7.06. The average Bonchev–Trinajstić information content (AvgIpc) is 2.70. The zero-order valence-electron chi connectivity index (χ0n) is 15.4. The van der Waals surface area contributed by atoms with E-state index in [4.69, 9.17) is 9.15 Å². The minimum atomic E-state index is -0.476. The fraction of sp³-hybridized carbons (Fsp3) is 0.765. The van der Waals surface area contributed by atoms with Crippen molar-refractivity contribution >= 4 is 6.09 Å². The molecule has 1 unspecified atom stereocenters. The highest BCUT2D eigenvalue weighted by Crippen LogP contribution is 2.12. The molecule has 0 fully saturated rings. The molecule has 0 spiro atoms. The number of hydrogen-bond donors (Lipinski definition) is 2. The van der Waals surface area contributed by atoms with Crippen molar-refractivity contribution in [3.05, 3.63) is 17.3 Å². The maximum atomic E-state index is 11.7. The zero-order chi connectivity index (χ0) is 17.6. The van der Waals surface area contributed by atoms with Crippen LogP contribution in [0.2, 0.25) is 0 Å². The Hall–Kier alpha value is -1.56. The highest BCUT2D eigenvalue weighted by Gasteiger charge is 2.19. The quantitative estimate of drug-likeness (QED) is 0.805. The summed E-state index contributed by atoms with van der Waals surface area (Å²) in [7, 11) is 0.